The lowest BCUT2D eigenvalue weighted by Gasteiger charge is -2.49. The molecule has 240 valence electrons. The molecule has 3 aromatic carbocycles. The maximum absolute atomic E-state index is 13.8. The second-order valence-corrected chi connectivity index (χ2v) is 13.8. The van der Waals surface area contributed by atoms with E-state index in [0.717, 1.165) is 5.56 Å². The molecule has 1 amide bonds. The zero-order valence-corrected chi connectivity index (χ0v) is 26.7. The standard InChI is InChI=1S/C33H39N3O8S/c1-22(2)30(31(37)35(3)4)43-32(38)27(34)18-23-9-8-12-26(17-23)45(39,40)36-20-33(21-36,24-10-6-5-7-11-24)44-25-13-14-28-29(19-25)42-16-15-41-28/h5-14,17,19,22,27,30H,15-16,18,20-21,34H2,1-4H3/t27-,30?/m0/s1. The molecule has 1 unspecified atom stereocenters. The van der Waals surface area contributed by atoms with Gasteiger partial charge in [-0.2, -0.15) is 4.31 Å². The fourth-order valence-electron chi connectivity index (χ4n) is 5.31. The van der Waals surface area contributed by atoms with Crippen LogP contribution < -0.4 is 19.9 Å². The minimum atomic E-state index is -3.92. The van der Waals surface area contributed by atoms with Crippen LogP contribution in [0.4, 0.5) is 0 Å². The molecule has 0 spiro atoms. The van der Waals surface area contributed by atoms with Crippen molar-refractivity contribution in [1.29, 1.82) is 0 Å². The zero-order chi connectivity index (χ0) is 32.4. The summed E-state index contributed by atoms with van der Waals surface area (Å²) in [5.74, 6) is 0.433. The Hall–Kier alpha value is -4.13. The number of nitrogens with two attached hydrogens (primary N) is 1. The Balaban J connectivity index is 1.30. The van der Waals surface area contributed by atoms with Crippen molar-refractivity contribution in [2.45, 2.75) is 42.9 Å². The van der Waals surface area contributed by atoms with Crippen molar-refractivity contribution in [3.8, 4) is 17.2 Å². The van der Waals surface area contributed by atoms with E-state index in [1.54, 1.807) is 58.3 Å². The number of benzene rings is 3. The molecule has 45 heavy (non-hydrogen) atoms. The van der Waals surface area contributed by atoms with E-state index >= 15 is 0 Å². The van der Waals surface area contributed by atoms with Crippen LogP contribution >= 0.6 is 0 Å². The van der Waals surface area contributed by atoms with Gasteiger partial charge in [0.15, 0.2) is 23.2 Å². The number of carbonyl (C=O) groups is 2. The normalized spacial score (nSPS) is 17.1. The number of rotatable bonds is 11. The Morgan fingerprint density at radius 2 is 1.64 bits per heavy atom. The molecule has 0 aromatic heterocycles. The van der Waals surface area contributed by atoms with Gasteiger partial charge in [0, 0.05) is 20.2 Å². The summed E-state index contributed by atoms with van der Waals surface area (Å²) in [5, 5.41) is 0. The zero-order valence-electron chi connectivity index (χ0n) is 25.8. The first-order valence-corrected chi connectivity index (χ1v) is 16.2. The highest BCUT2D eigenvalue weighted by Crippen LogP contribution is 2.42. The average Bonchev–Trinajstić information content (AvgIpc) is 3.01. The number of carbonyl (C=O) groups excluding carboxylic acids is 2. The summed E-state index contributed by atoms with van der Waals surface area (Å²) in [6.07, 6.45) is -0.935. The molecule has 3 aromatic rings. The van der Waals surface area contributed by atoms with Crippen molar-refractivity contribution >= 4 is 21.9 Å². The van der Waals surface area contributed by atoms with Gasteiger partial charge in [0.2, 0.25) is 10.0 Å². The molecule has 1 fully saturated rings. The topological polar surface area (TPSA) is 138 Å². The third-order valence-electron chi connectivity index (χ3n) is 7.82. The predicted octanol–water partition coefficient (Wildman–Crippen LogP) is 2.96. The molecule has 2 atom stereocenters. The molecule has 2 heterocycles. The van der Waals surface area contributed by atoms with Crippen LogP contribution in [0, 0.1) is 5.92 Å². The van der Waals surface area contributed by atoms with Crippen molar-refractivity contribution in [3.63, 3.8) is 0 Å². The summed E-state index contributed by atoms with van der Waals surface area (Å²) in [4.78, 5) is 26.7. The van der Waals surface area contributed by atoms with Gasteiger partial charge in [0.25, 0.3) is 5.91 Å². The number of ether oxygens (including phenoxy) is 4. The molecule has 12 heteroatoms. The summed E-state index contributed by atoms with van der Waals surface area (Å²) in [6.45, 7) is 4.64. The summed E-state index contributed by atoms with van der Waals surface area (Å²) in [5.41, 5.74) is 6.62. The third-order valence-corrected chi connectivity index (χ3v) is 9.61. The van der Waals surface area contributed by atoms with Crippen LogP contribution in [0.5, 0.6) is 17.2 Å². The van der Waals surface area contributed by atoms with Crippen molar-refractivity contribution < 1.29 is 37.0 Å². The predicted molar refractivity (Wildman–Crippen MR) is 166 cm³/mol. The van der Waals surface area contributed by atoms with E-state index in [1.807, 2.05) is 30.3 Å². The van der Waals surface area contributed by atoms with Crippen LogP contribution in [-0.4, -0.2) is 82.0 Å². The number of hydrogen-bond donors (Lipinski definition) is 1. The minimum absolute atomic E-state index is 0.0321. The smallest absolute Gasteiger partial charge is 0.324 e. The molecule has 0 aliphatic carbocycles. The Bertz CT molecular complexity index is 1640. The van der Waals surface area contributed by atoms with E-state index in [9.17, 15) is 18.0 Å². The average molecular weight is 638 g/mol. The highest BCUT2D eigenvalue weighted by Gasteiger charge is 2.52. The van der Waals surface area contributed by atoms with Crippen LogP contribution in [0.2, 0.25) is 0 Å². The van der Waals surface area contributed by atoms with Crippen LogP contribution in [0.3, 0.4) is 0 Å². The largest absolute Gasteiger partial charge is 0.486 e. The van der Waals surface area contributed by atoms with Crippen LogP contribution in [0.15, 0.2) is 77.7 Å². The molecular formula is C33H39N3O8S. The van der Waals surface area contributed by atoms with Gasteiger partial charge in [-0.25, -0.2) is 8.42 Å². The lowest BCUT2D eigenvalue weighted by atomic mass is 9.87. The number of nitrogens with zero attached hydrogens (tertiary/aromatic N) is 2. The summed E-state index contributed by atoms with van der Waals surface area (Å²) < 4.78 is 52.2. The van der Waals surface area contributed by atoms with Gasteiger partial charge < -0.3 is 29.6 Å². The van der Waals surface area contributed by atoms with E-state index in [0.29, 0.717) is 36.0 Å². The van der Waals surface area contributed by atoms with E-state index in [-0.39, 0.29) is 36.2 Å². The highest BCUT2D eigenvalue weighted by atomic mass is 32.2. The molecule has 11 nitrogen and oxygen atoms in total. The van der Waals surface area contributed by atoms with Gasteiger partial charge >= 0.3 is 5.97 Å². The Labute approximate surface area is 263 Å². The van der Waals surface area contributed by atoms with Gasteiger partial charge in [0.1, 0.15) is 25.0 Å². The van der Waals surface area contributed by atoms with Crippen molar-refractivity contribution in [3.05, 3.63) is 83.9 Å². The third kappa shape index (κ3) is 6.92. The molecule has 1 saturated heterocycles. The van der Waals surface area contributed by atoms with E-state index in [2.05, 4.69) is 0 Å². The molecule has 0 bridgehead atoms. The molecule has 2 aliphatic heterocycles. The van der Waals surface area contributed by atoms with Crippen LogP contribution in [0.1, 0.15) is 25.0 Å². The molecule has 2 aliphatic rings. The number of fused-ring (bicyclic) bond motifs is 1. The maximum Gasteiger partial charge on any atom is 0.324 e. The fraction of sp³-hybridized carbons (Fsp3) is 0.394. The Kier molecular flexibility index (Phi) is 9.38. The summed E-state index contributed by atoms with van der Waals surface area (Å²) in [7, 11) is -0.741. The van der Waals surface area contributed by atoms with Gasteiger partial charge in [-0.15, -0.1) is 0 Å². The monoisotopic (exact) mass is 637 g/mol. The number of sulfonamides is 1. The van der Waals surface area contributed by atoms with Gasteiger partial charge in [0.05, 0.1) is 18.0 Å². The van der Waals surface area contributed by atoms with Gasteiger partial charge in [-0.3, -0.25) is 9.59 Å². The molecular weight excluding hydrogens is 598 g/mol. The van der Waals surface area contributed by atoms with E-state index < -0.39 is 33.7 Å². The summed E-state index contributed by atoms with van der Waals surface area (Å²) in [6, 6.07) is 20.1. The van der Waals surface area contributed by atoms with Crippen molar-refractivity contribution in [1.82, 2.24) is 9.21 Å². The highest BCUT2D eigenvalue weighted by molar-refractivity contribution is 7.89. The Morgan fingerprint density at radius 1 is 0.956 bits per heavy atom. The first kappa shape index (κ1) is 32.3. The van der Waals surface area contributed by atoms with Crippen molar-refractivity contribution in [2.75, 3.05) is 40.4 Å². The molecule has 0 saturated carbocycles. The lowest BCUT2D eigenvalue weighted by molar-refractivity contribution is -0.163. The van der Waals surface area contributed by atoms with Crippen molar-refractivity contribution in [2.24, 2.45) is 11.7 Å². The van der Waals surface area contributed by atoms with Gasteiger partial charge in [-0.1, -0.05) is 56.3 Å². The quantitative estimate of drug-likeness (QED) is 0.315. The number of esters is 1. The second-order valence-electron chi connectivity index (χ2n) is 11.8. The molecule has 2 N–H and O–H groups in total. The Morgan fingerprint density at radius 3 is 2.31 bits per heavy atom. The van der Waals surface area contributed by atoms with E-state index in [4.69, 9.17) is 24.7 Å². The second kappa shape index (κ2) is 13.1. The fourth-order valence-corrected chi connectivity index (χ4v) is 6.92. The molecule has 5 rings (SSSR count). The number of hydrogen-bond acceptors (Lipinski definition) is 9. The maximum atomic E-state index is 13.8. The minimum Gasteiger partial charge on any atom is -0.486 e. The van der Waals surface area contributed by atoms with Crippen LogP contribution in [0.25, 0.3) is 0 Å². The lowest BCUT2D eigenvalue weighted by Crippen LogP contribution is -2.64. The SMILES string of the molecule is CC(C)C(OC(=O)[C@@H](N)Cc1cccc(S(=O)(=O)N2CC(Oc3ccc4c(c3)OCCO4)(c3ccccc3)C2)c1)C(=O)N(C)C. The number of amides is 1. The first-order chi connectivity index (χ1) is 21.4. The molecule has 0 radical (unpaired) electrons. The van der Waals surface area contributed by atoms with Gasteiger partial charge in [-0.05, 0) is 47.7 Å². The van der Waals surface area contributed by atoms with E-state index in [1.165, 1.54) is 21.3 Å². The van der Waals surface area contributed by atoms with Crippen LogP contribution in [-0.2, 0) is 36.4 Å². The number of likely N-dealkylation sites (N-methyl/N-ethyl adjacent to an activating group) is 1. The first-order valence-electron chi connectivity index (χ1n) is 14.8. The summed E-state index contributed by atoms with van der Waals surface area (Å²) >= 11 is 0.